The number of nitrogens with two attached hydrogens (primary N) is 1. The molecule has 4 nitrogen and oxygen atoms in total. The van der Waals surface area contributed by atoms with Crippen molar-refractivity contribution in [1.29, 1.82) is 0 Å². The van der Waals surface area contributed by atoms with Gasteiger partial charge in [0.2, 0.25) is 5.88 Å². The van der Waals surface area contributed by atoms with Crippen molar-refractivity contribution in [3.63, 3.8) is 0 Å². The molecule has 0 aliphatic rings. The van der Waals surface area contributed by atoms with Crippen LogP contribution in [-0.4, -0.2) is 22.1 Å². The summed E-state index contributed by atoms with van der Waals surface area (Å²) in [6.07, 6.45) is -0.903. The number of aryl methyl sites for hydroxylation is 1. The van der Waals surface area contributed by atoms with Crippen LogP contribution < -0.4 is 10.5 Å². The number of rotatable bonds is 6. The minimum Gasteiger partial charge on any atom is -0.475 e. The van der Waals surface area contributed by atoms with Crippen LogP contribution in [0.3, 0.4) is 0 Å². The lowest BCUT2D eigenvalue weighted by molar-refractivity contribution is -0.139. The first-order valence-electron chi connectivity index (χ1n) is 8.40. The van der Waals surface area contributed by atoms with Crippen LogP contribution in [0, 0.1) is 12.8 Å². The standard InChI is InChI=1S/C19H24F3N3O/c1-12(2)10-18(4,23)11-26-17-16(19(20,21)22)9-15(13(3)25-17)14-5-7-24-8-6-14/h5-9,12H,10-11,23H2,1-4H3/t18-/m0/s1. The van der Waals surface area contributed by atoms with Crippen LogP contribution in [0.25, 0.3) is 11.1 Å². The van der Waals surface area contributed by atoms with Gasteiger partial charge in [0.25, 0.3) is 0 Å². The molecule has 0 unspecified atom stereocenters. The van der Waals surface area contributed by atoms with Gasteiger partial charge in [-0.25, -0.2) is 4.98 Å². The van der Waals surface area contributed by atoms with Gasteiger partial charge in [-0.1, -0.05) is 13.8 Å². The number of hydrogen-bond donors (Lipinski definition) is 1. The van der Waals surface area contributed by atoms with Crippen molar-refractivity contribution in [3.05, 3.63) is 41.9 Å². The molecule has 2 aromatic heterocycles. The lowest BCUT2D eigenvalue weighted by atomic mass is 9.93. The van der Waals surface area contributed by atoms with Gasteiger partial charge in [0, 0.05) is 29.2 Å². The van der Waals surface area contributed by atoms with E-state index in [1.54, 1.807) is 26.0 Å². The van der Waals surface area contributed by atoms with Crippen molar-refractivity contribution in [3.8, 4) is 17.0 Å². The molecule has 2 N–H and O–H groups in total. The van der Waals surface area contributed by atoms with E-state index in [1.807, 2.05) is 13.8 Å². The molecule has 7 heteroatoms. The Bertz CT molecular complexity index is 744. The lowest BCUT2D eigenvalue weighted by Gasteiger charge is -2.27. The van der Waals surface area contributed by atoms with E-state index in [2.05, 4.69) is 9.97 Å². The van der Waals surface area contributed by atoms with Crippen molar-refractivity contribution in [1.82, 2.24) is 9.97 Å². The van der Waals surface area contributed by atoms with Gasteiger partial charge in [-0.2, -0.15) is 13.2 Å². The fourth-order valence-corrected chi connectivity index (χ4v) is 2.94. The van der Waals surface area contributed by atoms with E-state index in [1.165, 1.54) is 12.4 Å². The maximum atomic E-state index is 13.5. The molecule has 2 heterocycles. The first-order chi connectivity index (χ1) is 12.0. The van der Waals surface area contributed by atoms with Crippen molar-refractivity contribution in [2.24, 2.45) is 11.7 Å². The van der Waals surface area contributed by atoms with Crippen LogP contribution in [0.4, 0.5) is 13.2 Å². The van der Waals surface area contributed by atoms with Gasteiger partial charge in [-0.05, 0) is 49.9 Å². The molecule has 0 bridgehead atoms. The molecule has 26 heavy (non-hydrogen) atoms. The minimum atomic E-state index is -4.58. The molecule has 2 aromatic rings. The molecule has 0 radical (unpaired) electrons. The third kappa shape index (κ3) is 5.17. The molecular formula is C19H24F3N3O. The summed E-state index contributed by atoms with van der Waals surface area (Å²) in [5.41, 5.74) is 5.95. The molecule has 0 amide bonds. The van der Waals surface area contributed by atoms with Gasteiger partial charge in [0.05, 0.1) is 0 Å². The summed E-state index contributed by atoms with van der Waals surface area (Å²) in [4.78, 5) is 7.97. The average molecular weight is 367 g/mol. The summed E-state index contributed by atoms with van der Waals surface area (Å²) in [5.74, 6) is -0.132. The zero-order valence-corrected chi connectivity index (χ0v) is 15.4. The number of halogens is 3. The third-order valence-corrected chi connectivity index (χ3v) is 3.89. The Hall–Kier alpha value is -2.15. The molecule has 0 aliphatic carbocycles. The summed E-state index contributed by atoms with van der Waals surface area (Å²) in [6, 6.07) is 4.36. The highest BCUT2D eigenvalue weighted by Crippen LogP contribution is 2.39. The van der Waals surface area contributed by atoms with Gasteiger partial charge in [0.1, 0.15) is 12.2 Å². The number of pyridine rings is 2. The summed E-state index contributed by atoms with van der Waals surface area (Å²) >= 11 is 0. The lowest BCUT2D eigenvalue weighted by Crippen LogP contribution is -2.43. The molecule has 1 atom stereocenters. The topological polar surface area (TPSA) is 61.0 Å². The van der Waals surface area contributed by atoms with E-state index in [-0.39, 0.29) is 6.61 Å². The van der Waals surface area contributed by atoms with Crippen LogP contribution in [0.2, 0.25) is 0 Å². The van der Waals surface area contributed by atoms with E-state index in [0.717, 1.165) is 6.07 Å². The van der Waals surface area contributed by atoms with E-state index < -0.39 is 23.2 Å². The van der Waals surface area contributed by atoms with E-state index >= 15 is 0 Å². The minimum absolute atomic E-state index is 0.0463. The van der Waals surface area contributed by atoms with Gasteiger partial charge >= 0.3 is 6.18 Å². The van der Waals surface area contributed by atoms with Gasteiger partial charge < -0.3 is 10.5 Å². The highest BCUT2D eigenvalue weighted by molar-refractivity contribution is 5.67. The maximum Gasteiger partial charge on any atom is 0.421 e. The monoisotopic (exact) mass is 367 g/mol. The maximum absolute atomic E-state index is 13.5. The Labute approximate surface area is 151 Å². The van der Waals surface area contributed by atoms with E-state index in [0.29, 0.717) is 29.2 Å². The predicted octanol–water partition coefficient (Wildman–Crippen LogP) is 4.61. The quantitative estimate of drug-likeness (QED) is 0.810. The van der Waals surface area contributed by atoms with Crippen LogP contribution in [0.5, 0.6) is 5.88 Å². The average Bonchev–Trinajstić information content (AvgIpc) is 2.51. The molecular weight excluding hydrogens is 343 g/mol. The highest BCUT2D eigenvalue weighted by Gasteiger charge is 2.37. The Balaban J connectivity index is 2.39. The van der Waals surface area contributed by atoms with Crippen molar-refractivity contribution in [2.75, 3.05) is 6.61 Å². The Morgan fingerprint density at radius 1 is 1.19 bits per heavy atom. The SMILES string of the molecule is Cc1nc(OC[C@@](C)(N)CC(C)C)c(C(F)(F)F)cc1-c1ccncc1. The first-order valence-corrected chi connectivity index (χ1v) is 8.40. The number of hydrogen-bond acceptors (Lipinski definition) is 4. The molecule has 0 saturated heterocycles. The second kappa shape index (κ2) is 7.61. The Morgan fingerprint density at radius 2 is 1.81 bits per heavy atom. The predicted molar refractivity (Wildman–Crippen MR) is 94.7 cm³/mol. The van der Waals surface area contributed by atoms with Gasteiger partial charge in [0.15, 0.2) is 0 Å². The number of ether oxygens (including phenoxy) is 1. The Morgan fingerprint density at radius 3 is 2.35 bits per heavy atom. The van der Waals surface area contributed by atoms with Crippen LogP contribution in [0.1, 0.15) is 38.4 Å². The molecule has 0 aromatic carbocycles. The summed E-state index contributed by atoms with van der Waals surface area (Å²) in [7, 11) is 0. The molecule has 0 aliphatic heterocycles. The van der Waals surface area contributed by atoms with E-state index in [9.17, 15) is 13.2 Å². The number of aromatic nitrogens is 2. The van der Waals surface area contributed by atoms with Crippen molar-refractivity contribution < 1.29 is 17.9 Å². The molecule has 2 rings (SSSR count). The normalized spacial score (nSPS) is 14.3. The first kappa shape index (κ1) is 20.2. The van der Waals surface area contributed by atoms with Crippen molar-refractivity contribution >= 4 is 0 Å². The fraction of sp³-hybridized carbons (Fsp3) is 0.474. The third-order valence-electron chi connectivity index (χ3n) is 3.89. The van der Waals surface area contributed by atoms with Crippen LogP contribution in [0.15, 0.2) is 30.6 Å². The molecule has 142 valence electrons. The second-order valence-electron chi connectivity index (χ2n) is 7.25. The van der Waals surface area contributed by atoms with Crippen molar-refractivity contribution in [2.45, 2.75) is 45.8 Å². The molecule has 0 saturated carbocycles. The molecule has 0 fully saturated rings. The zero-order valence-electron chi connectivity index (χ0n) is 15.4. The summed E-state index contributed by atoms with van der Waals surface area (Å²) in [5, 5.41) is 0. The second-order valence-corrected chi connectivity index (χ2v) is 7.25. The van der Waals surface area contributed by atoms with Gasteiger partial charge in [-0.15, -0.1) is 0 Å². The van der Waals surface area contributed by atoms with Gasteiger partial charge in [-0.3, -0.25) is 4.98 Å². The summed E-state index contributed by atoms with van der Waals surface area (Å²) < 4.78 is 46.1. The summed E-state index contributed by atoms with van der Waals surface area (Å²) in [6.45, 7) is 7.36. The smallest absolute Gasteiger partial charge is 0.421 e. The van der Waals surface area contributed by atoms with E-state index in [4.69, 9.17) is 10.5 Å². The highest BCUT2D eigenvalue weighted by atomic mass is 19.4. The largest absolute Gasteiger partial charge is 0.475 e. The Kier molecular flexibility index (Phi) is 5.91. The number of alkyl halides is 3. The zero-order chi connectivity index (χ0) is 19.5. The number of nitrogens with zero attached hydrogens (tertiary/aromatic N) is 2. The molecule has 0 spiro atoms. The van der Waals surface area contributed by atoms with Crippen LogP contribution >= 0.6 is 0 Å². The van der Waals surface area contributed by atoms with Crippen LogP contribution in [-0.2, 0) is 6.18 Å². The fourth-order valence-electron chi connectivity index (χ4n) is 2.94.